The van der Waals surface area contributed by atoms with Crippen LogP contribution in [0, 0.1) is 0 Å². The van der Waals surface area contributed by atoms with Crippen LogP contribution in [-0.2, 0) is 18.4 Å². The van der Waals surface area contributed by atoms with Gasteiger partial charge in [-0.25, -0.2) is 9.48 Å². The summed E-state index contributed by atoms with van der Waals surface area (Å²) in [5, 5.41) is 15.9. The molecule has 2 rings (SSSR count). The van der Waals surface area contributed by atoms with Crippen molar-refractivity contribution in [3.8, 4) is 0 Å². The third-order valence-corrected chi connectivity index (χ3v) is 3.89. The Hall–Kier alpha value is -2.42. The first-order valence-corrected chi connectivity index (χ1v) is 7.46. The molecule has 0 aliphatic carbocycles. The van der Waals surface area contributed by atoms with E-state index < -0.39 is 17.2 Å². The second-order valence-corrected chi connectivity index (χ2v) is 5.81. The number of thioether (sulfide) groups is 1. The van der Waals surface area contributed by atoms with Crippen LogP contribution in [0.5, 0.6) is 0 Å². The monoisotopic (exact) mass is 320 g/mol. The molecule has 0 spiro atoms. The summed E-state index contributed by atoms with van der Waals surface area (Å²) in [7, 11) is 1.68. The summed E-state index contributed by atoms with van der Waals surface area (Å²) in [5.41, 5.74) is 0.956. The SMILES string of the molecule is C[C@H](Sc1nnnn1C)C(=O)NC(=O)NCc1ccccc1. The predicted octanol–water partition coefficient (Wildman–Crippen LogP) is 0.717. The second kappa shape index (κ2) is 7.55. The molecule has 2 N–H and O–H groups in total. The minimum absolute atomic E-state index is 0.356. The fourth-order valence-electron chi connectivity index (χ4n) is 1.57. The third kappa shape index (κ3) is 4.55. The van der Waals surface area contributed by atoms with Crippen molar-refractivity contribution in [2.75, 3.05) is 0 Å². The first-order chi connectivity index (χ1) is 10.6. The van der Waals surface area contributed by atoms with Gasteiger partial charge in [0.2, 0.25) is 11.1 Å². The number of hydrogen-bond donors (Lipinski definition) is 2. The zero-order valence-electron chi connectivity index (χ0n) is 12.2. The van der Waals surface area contributed by atoms with E-state index in [1.807, 2.05) is 30.3 Å². The van der Waals surface area contributed by atoms with Crippen LogP contribution in [0.1, 0.15) is 12.5 Å². The molecule has 0 aliphatic rings. The first kappa shape index (κ1) is 16.0. The number of aromatic nitrogens is 4. The van der Waals surface area contributed by atoms with Crippen LogP contribution in [-0.4, -0.2) is 37.4 Å². The van der Waals surface area contributed by atoms with Gasteiger partial charge in [-0.3, -0.25) is 10.1 Å². The summed E-state index contributed by atoms with van der Waals surface area (Å²) in [5.74, 6) is -0.404. The smallest absolute Gasteiger partial charge is 0.321 e. The fraction of sp³-hybridized carbons (Fsp3) is 0.308. The topological polar surface area (TPSA) is 102 Å². The van der Waals surface area contributed by atoms with E-state index in [-0.39, 0.29) is 0 Å². The van der Waals surface area contributed by atoms with E-state index in [2.05, 4.69) is 26.2 Å². The number of amides is 3. The van der Waals surface area contributed by atoms with E-state index in [4.69, 9.17) is 0 Å². The molecule has 0 saturated heterocycles. The van der Waals surface area contributed by atoms with Gasteiger partial charge < -0.3 is 5.32 Å². The lowest BCUT2D eigenvalue weighted by Crippen LogP contribution is -2.42. The maximum atomic E-state index is 11.9. The van der Waals surface area contributed by atoms with Gasteiger partial charge in [-0.2, -0.15) is 0 Å². The zero-order chi connectivity index (χ0) is 15.9. The lowest BCUT2D eigenvalue weighted by Gasteiger charge is -2.11. The van der Waals surface area contributed by atoms with Crippen molar-refractivity contribution in [3.63, 3.8) is 0 Å². The standard InChI is InChI=1S/C13H16N6O2S/c1-9(22-13-16-17-18-19(13)2)11(20)15-12(21)14-8-10-6-4-3-5-7-10/h3-7,9H,8H2,1-2H3,(H2,14,15,20,21)/t9-/m0/s1. The molecular formula is C13H16N6O2S. The van der Waals surface area contributed by atoms with Gasteiger partial charge in [-0.15, -0.1) is 5.10 Å². The van der Waals surface area contributed by atoms with Crippen LogP contribution in [0.4, 0.5) is 4.79 Å². The van der Waals surface area contributed by atoms with Crippen LogP contribution in [0.15, 0.2) is 35.5 Å². The predicted molar refractivity (Wildman–Crippen MR) is 80.9 cm³/mol. The number of urea groups is 1. The normalized spacial score (nSPS) is 11.7. The van der Waals surface area contributed by atoms with Crippen molar-refractivity contribution in [2.45, 2.75) is 23.9 Å². The fourth-order valence-corrected chi connectivity index (χ4v) is 2.32. The summed E-state index contributed by atoms with van der Waals surface area (Å²) >= 11 is 1.18. The van der Waals surface area contributed by atoms with Crippen LogP contribution in [0.2, 0.25) is 0 Å². The number of nitrogens with one attached hydrogen (secondary N) is 2. The molecule has 0 bridgehead atoms. The van der Waals surface area contributed by atoms with Gasteiger partial charge >= 0.3 is 6.03 Å². The Balaban J connectivity index is 1.78. The van der Waals surface area contributed by atoms with E-state index in [9.17, 15) is 9.59 Å². The highest BCUT2D eigenvalue weighted by molar-refractivity contribution is 8.00. The van der Waals surface area contributed by atoms with Crippen LogP contribution in [0.25, 0.3) is 0 Å². The highest BCUT2D eigenvalue weighted by Gasteiger charge is 2.19. The highest BCUT2D eigenvalue weighted by Crippen LogP contribution is 2.19. The van der Waals surface area contributed by atoms with Gasteiger partial charge in [0.15, 0.2) is 0 Å². The Kier molecular flexibility index (Phi) is 5.48. The molecule has 22 heavy (non-hydrogen) atoms. The lowest BCUT2D eigenvalue weighted by atomic mass is 10.2. The lowest BCUT2D eigenvalue weighted by molar-refractivity contribution is -0.119. The molecule has 0 aliphatic heterocycles. The number of benzene rings is 1. The molecule has 1 atom stereocenters. The average Bonchev–Trinajstić information content (AvgIpc) is 2.91. The number of tetrazole rings is 1. The Morgan fingerprint density at radius 1 is 1.32 bits per heavy atom. The Bertz CT molecular complexity index is 645. The molecule has 0 saturated carbocycles. The number of aryl methyl sites for hydroxylation is 1. The van der Waals surface area contributed by atoms with Gasteiger partial charge in [0.05, 0.1) is 5.25 Å². The van der Waals surface area contributed by atoms with E-state index in [0.29, 0.717) is 11.7 Å². The molecule has 1 heterocycles. The molecule has 9 heteroatoms. The Labute approximate surface area is 131 Å². The van der Waals surface area contributed by atoms with Crippen LogP contribution < -0.4 is 10.6 Å². The molecular weight excluding hydrogens is 304 g/mol. The maximum Gasteiger partial charge on any atom is 0.321 e. The van der Waals surface area contributed by atoms with Crippen molar-refractivity contribution in [1.82, 2.24) is 30.8 Å². The Morgan fingerprint density at radius 2 is 2.05 bits per heavy atom. The maximum absolute atomic E-state index is 11.9. The molecule has 3 amide bonds. The van der Waals surface area contributed by atoms with Gasteiger partial charge in [0.25, 0.3) is 0 Å². The van der Waals surface area contributed by atoms with E-state index in [1.165, 1.54) is 16.4 Å². The number of carbonyl (C=O) groups excluding carboxylic acids is 2. The van der Waals surface area contributed by atoms with Crippen molar-refractivity contribution in [1.29, 1.82) is 0 Å². The second-order valence-electron chi connectivity index (χ2n) is 4.50. The summed E-state index contributed by atoms with van der Waals surface area (Å²) in [6.45, 7) is 2.04. The average molecular weight is 320 g/mol. The van der Waals surface area contributed by atoms with Gasteiger partial charge in [0.1, 0.15) is 0 Å². The molecule has 0 unspecified atom stereocenters. The number of imide groups is 1. The summed E-state index contributed by atoms with van der Waals surface area (Å²) in [4.78, 5) is 23.6. The van der Waals surface area contributed by atoms with Crippen molar-refractivity contribution < 1.29 is 9.59 Å². The highest BCUT2D eigenvalue weighted by atomic mass is 32.2. The molecule has 1 aromatic heterocycles. The van der Waals surface area contributed by atoms with Crippen LogP contribution in [0.3, 0.4) is 0 Å². The number of rotatable bonds is 5. The zero-order valence-corrected chi connectivity index (χ0v) is 13.0. The van der Waals surface area contributed by atoms with E-state index >= 15 is 0 Å². The van der Waals surface area contributed by atoms with Crippen molar-refractivity contribution in [2.24, 2.45) is 7.05 Å². The molecule has 116 valence electrons. The summed E-state index contributed by atoms with van der Waals surface area (Å²) in [6, 6.07) is 8.91. The van der Waals surface area contributed by atoms with E-state index in [0.717, 1.165) is 5.56 Å². The Morgan fingerprint density at radius 3 is 2.68 bits per heavy atom. The van der Waals surface area contributed by atoms with Gasteiger partial charge in [0, 0.05) is 13.6 Å². The number of hydrogen-bond acceptors (Lipinski definition) is 6. The first-order valence-electron chi connectivity index (χ1n) is 6.58. The quantitative estimate of drug-likeness (QED) is 0.787. The molecule has 8 nitrogen and oxygen atoms in total. The summed E-state index contributed by atoms with van der Waals surface area (Å²) in [6.07, 6.45) is 0. The number of carbonyl (C=O) groups is 2. The largest absolute Gasteiger partial charge is 0.334 e. The van der Waals surface area contributed by atoms with Crippen molar-refractivity contribution in [3.05, 3.63) is 35.9 Å². The van der Waals surface area contributed by atoms with Crippen molar-refractivity contribution >= 4 is 23.7 Å². The van der Waals surface area contributed by atoms with Crippen LogP contribution >= 0.6 is 11.8 Å². The van der Waals surface area contributed by atoms with E-state index in [1.54, 1.807) is 14.0 Å². The molecule has 0 fully saturated rings. The molecule has 2 aromatic rings. The molecule has 1 aromatic carbocycles. The van der Waals surface area contributed by atoms with Gasteiger partial charge in [-0.1, -0.05) is 42.1 Å². The third-order valence-electron chi connectivity index (χ3n) is 2.77. The minimum Gasteiger partial charge on any atom is -0.334 e. The molecule has 0 radical (unpaired) electrons. The summed E-state index contributed by atoms with van der Waals surface area (Å²) < 4.78 is 1.46. The number of nitrogens with zero attached hydrogens (tertiary/aromatic N) is 4. The van der Waals surface area contributed by atoms with Gasteiger partial charge in [-0.05, 0) is 22.9 Å². The minimum atomic E-state index is -0.530.